The van der Waals surface area contributed by atoms with E-state index in [2.05, 4.69) is 22.1 Å². The van der Waals surface area contributed by atoms with Crippen LogP contribution in [0.25, 0.3) is 22.6 Å². The molecule has 2 aliphatic carbocycles. The minimum atomic E-state index is -1.88. The number of imidazole rings is 1. The summed E-state index contributed by atoms with van der Waals surface area (Å²) in [5.41, 5.74) is 5.12. The number of carbonyl (C=O) groups excluding carboxylic acids is 1. The normalized spacial score (nSPS) is 25.9. The Morgan fingerprint density at radius 2 is 2.09 bits per heavy atom. The number of aromatic nitrogens is 4. The predicted octanol–water partition coefficient (Wildman–Crippen LogP) is 3.87. The summed E-state index contributed by atoms with van der Waals surface area (Å²) in [6.07, 6.45) is 3.55. The van der Waals surface area contributed by atoms with Crippen molar-refractivity contribution in [3.8, 4) is 11.5 Å². The van der Waals surface area contributed by atoms with E-state index in [1.54, 1.807) is 7.05 Å². The summed E-state index contributed by atoms with van der Waals surface area (Å²) in [6, 6.07) is 3.83. The number of aromatic amines is 2. The Hall–Kier alpha value is -2.74. The van der Waals surface area contributed by atoms with E-state index >= 15 is 4.39 Å². The number of ether oxygens (including phenoxy) is 1. The van der Waals surface area contributed by atoms with Crippen molar-refractivity contribution in [1.82, 2.24) is 20.2 Å². The van der Waals surface area contributed by atoms with E-state index < -0.39 is 11.6 Å². The van der Waals surface area contributed by atoms with Crippen LogP contribution in [0.5, 0.6) is 0 Å². The SMILES string of the molecule is Cc1cc2nc(-c3n[nH]c4c3C[C@@H]3C[C@]3(C)C4)[nH]c2cc1N(C)C(=O)C1(F)CCOCC1. The molecule has 3 heterocycles. The lowest BCUT2D eigenvalue weighted by molar-refractivity contribution is -0.135. The lowest BCUT2D eigenvalue weighted by atomic mass is 9.88. The van der Waals surface area contributed by atoms with Gasteiger partial charge in [0.1, 0.15) is 5.69 Å². The van der Waals surface area contributed by atoms with Crippen molar-refractivity contribution in [3.63, 3.8) is 0 Å². The number of nitrogens with one attached hydrogen (secondary N) is 2. The fourth-order valence-electron chi connectivity index (χ4n) is 5.59. The molecule has 0 bridgehead atoms. The maximum atomic E-state index is 15.3. The van der Waals surface area contributed by atoms with E-state index in [-0.39, 0.29) is 26.1 Å². The summed E-state index contributed by atoms with van der Waals surface area (Å²) in [7, 11) is 1.64. The Morgan fingerprint density at radius 3 is 2.88 bits per heavy atom. The molecular weight excluding hydrogens is 409 g/mol. The molecule has 2 aromatic heterocycles. The van der Waals surface area contributed by atoms with E-state index in [0.717, 1.165) is 46.9 Å². The Balaban J connectivity index is 1.34. The van der Waals surface area contributed by atoms with Gasteiger partial charge in [-0.05, 0) is 55.2 Å². The molecule has 1 amide bonds. The van der Waals surface area contributed by atoms with Gasteiger partial charge in [-0.15, -0.1) is 0 Å². The first-order valence-electron chi connectivity index (χ1n) is 11.4. The maximum absolute atomic E-state index is 15.3. The van der Waals surface area contributed by atoms with Crippen LogP contribution in [0.2, 0.25) is 0 Å². The molecule has 3 aromatic rings. The van der Waals surface area contributed by atoms with Crippen molar-refractivity contribution >= 4 is 22.6 Å². The Kier molecular flexibility index (Phi) is 4.13. The largest absolute Gasteiger partial charge is 0.381 e. The van der Waals surface area contributed by atoms with Gasteiger partial charge in [0.05, 0.1) is 24.2 Å². The van der Waals surface area contributed by atoms with Crippen LogP contribution in [0.3, 0.4) is 0 Å². The molecule has 7 nitrogen and oxygen atoms in total. The van der Waals surface area contributed by atoms with Crippen molar-refractivity contribution in [2.75, 3.05) is 25.2 Å². The second-order valence-corrected chi connectivity index (χ2v) is 10.1. The van der Waals surface area contributed by atoms with Crippen molar-refractivity contribution in [1.29, 1.82) is 0 Å². The Bertz CT molecular complexity index is 1240. The molecular formula is C24H28FN5O2. The minimum Gasteiger partial charge on any atom is -0.381 e. The molecule has 1 aliphatic heterocycles. The zero-order chi connectivity index (χ0) is 22.3. The van der Waals surface area contributed by atoms with Crippen LogP contribution in [-0.2, 0) is 22.4 Å². The average molecular weight is 438 g/mol. The van der Waals surface area contributed by atoms with E-state index in [1.165, 1.54) is 22.6 Å². The van der Waals surface area contributed by atoms with E-state index in [4.69, 9.17) is 9.72 Å². The molecule has 2 atom stereocenters. The molecule has 3 aliphatic rings. The van der Waals surface area contributed by atoms with E-state index in [0.29, 0.717) is 11.1 Å². The maximum Gasteiger partial charge on any atom is 0.264 e. The second-order valence-electron chi connectivity index (χ2n) is 10.1. The number of amides is 1. The molecule has 6 rings (SSSR count). The molecule has 2 fully saturated rings. The predicted molar refractivity (Wildman–Crippen MR) is 119 cm³/mol. The van der Waals surface area contributed by atoms with Crippen molar-refractivity contribution in [3.05, 3.63) is 29.0 Å². The Labute approximate surface area is 185 Å². The molecule has 1 saturated carbocycles. The van der Waals surface area contributed by atoms with Crippen LogP contribution >= 0.6 is 0 Å². The zero-order valence-corrected chi connectivity index (χ0v) is 18.7. The minimum absolute atomic E-state index is 0.0932. The number of fused-ring (bicyclic) bond motifs is 3. The number of nitrogens with zero attached hydrogens (tertiary/aromatic N) is 3. The first-order valence-corrected chi connectivity index (χ1v) is 11.4. The standard InChI is InChI=1S/C24H28FN5O2/c1-13-8-16-17(10-19(13)30(3)22(31)24(25)4-6-32-7-5-24)27-21(26-16)20-15-9-14-11-23(14,2)12-18(15)28-29-20/h8,10,14H,4-7,9,11-12H2,1-3H3,(H,26,27)(H,28,29)/t14-,23-/m1/s1. The van der Waals surface area contributed by atoms with Gasteiger partial charge in [-0.25, -0.2) is 9.37 Å². The summed E-state index contributed by atoms with van der Waals surface area (Å²) < 4.78 is 20.5. The summed E-state index contributed by atoms with van der Waals surface area (Å²) in [5, 5.41) is 7.82. The summed E-state index contributed by atoms with van der Waals surface area (Å²) in [5.74, 6) is 0.956. The van der Waals surface area contributed by atoms with Crippen LogP contribution in [0.4, 0.5) is 10.1 Å². The molecule has 1 saturated heterocycles. The van der Waals surface area contributed by atoms with Gasteiger partial charge >= 0.3 is 0 Å². The highest BCUT2D eigenvalue weighted by Gasteiger charge is 2.53. The first-order chi connectivity index (χ1) is 15.3. The van der Waals surface area contributed by atoms with Crippen molar-refractivity contribution in [2.45, 2.75) is 51.6 Å². The highest BCUT2D eigenvalue weighted by molar-refractivity contribution is 6.01. The van der Waals surface area contributed by atoms with Gasteiger partial charge in [0.2, 0.25) is 0 Å². The van der Waals surface area contributed by atoms with Gasteiger partial charge < -0.3 is 14.6 Å². The third-order valence-electron chi connectivity index (χ3n) is 7.88. The van der Waals surface area contributed by atoms with Gasteiger partial charge in [0, 0.05) is 36.8 Å². The molecule has 168 valence electrons. The summed E-state index contributed by atoms with van der Waals surface area (Å²) >= 11 is 0. The highest BCUT2D eigenvalue weighted by atomic mass is 19.1. The summed E-state index contributed by atoms with van der Waals surface area (Å²) in [4.78, 5) is 22.6. The number of hydrogen-bond acceptors (Lipinski definition) is 4. The fourth-order valence-corrected chi connectivity index (χ4v) is 5.59. The van der Waals surface area contributed by atoms with E-state index in [9.17, 15) is 4.79 Å². The topological polar surface area (TPSA) is 86.9 Å². The van der Waals surface area contributed by atoms with Gasteiger partial charge in [-0.3, -0.25) is 9.89 Å². The molecule has 1 aromatic carbocycles. The van der Waals surface area contributed by atoms with Gasteiger partial charge in [-0.1, -0.05) is 6.92 Å². The van der Waals surface area contributed by atoms with E-state index in [1.807, 2.05) is 19.1 Å². The van der Waals surface area contributed by atoms with Crippen LogP contribution in [0.1, 0.15) is 43.0 Å². The smallest absolute Gasteiger partial charge is 0.264 e. The third kappa shape index (κ3) is 2.92. The van der Waals surface area contributed by atoms with Crippen molar-refractivity contribution < 1.29 is 13.9 Å². The third-order valence-corrected chi connectivity index (χ3v) is 7.88. The quantitative estimate of drug-likeness (QED) is 0.651. The van der Waals surface area contributed by atoms with Gasteiger partial charge in [0.25, 0.3) is 5.91 Å². The average Bonchev–Trinajstić information content (AvgIpc) is 3.06. The molecule has 0 unspecified atom stereocenters. The van der Waals surface area contributed by atoms with Crippen molar-refractivity contribution in [2.24, 2.45) is 11.3 Å². The number of anilines is 1. The number of aryl methyl sites for hydroxylation is 1. The number of alkyl halides is 1. The number of benzene rings is 1. The number of halogens is 1. The van der Waals surface area contributed by atoms with Crippen LogP contribution < -0.4 is 4.90 Å². The molecule has 32 heavy (non-hydrogen) atoms. The van der Waals surface area contributed by atoms with Gasteiger partial charge in [0.15, 0.2) is 11.5 Å². The molecule has 0 spiro atoms. The highest BCUT2D eigenvalue weighted by Crippen LogP contribution is 2.59. The van der Waals surface area contributed by atoms with Crippen LogP contribution in [0, 0.1) is 18.3 Å². The van der Waals surface area contributed by atoms with Crippen LogP contribution in [-0.4, -0.2) is 52.0 Å². The number of H-pyrrole nitrogens is 2. The molecule has 2 N–H and O–H groups in total. The molecule has 8 heteroatoms. The number of hydrogen-bond donors (Lipinski definition) is 2. The monoisotopic (exact) mass is 437 g/mol. The number of rotatable bonds is 3. The lowest BCUT2D eigenvalue weighted by Crippen LogP contribution is -2.48. The summed E-state index contributed by atoms with van der Waals surface area (Å²) in [6.45, 7) is 4.82. The van der Waals surface area contributed by atoms with Crippen LogP contribution in [0.15, 0.2) is 12.1 Å². The Morgan fingerprint density at radius 1 is 1.31 bits per heavy atom. The fraction of sp³-hybridized carbons (Fsp3) is 0.542. The zero-order valence-electron chi connectivity index (χ0n) is 18.7. The second kappa shape index (κ2) is 6.63. The number of carbonyl (C=O) groups is 1. The first kappa shape index (κ1) is 19.9. The molecule has 0 radical (unpaired) electrons. The lowest BCUT2D eigenvalue weighted by Gasteiger charge is -2.32. The van der Waals surface area contributed by atoms with Gasteiger partial charge in [-0.2, -0.15) is 5.10 Å².